The van der Waals surface area contributed by atoms with E-state index in [9.17, 15) is 13.2 Å². The molecule has 4 rings (SSSR count). The van der Waals surface area contributed by atoms with E-state index in [0.29, 0.717) is 23.7 Å². The third-order valence-electron chi connectivity index (χ3n) is 4.69. The van der Waals surface area contributed by atoms with Crippen LogP contribution in [0, 0.1) is 0 Å². The number of anilines is 2. The van der Waals surface area contributed by atoms with Crippen molar-refractivity contribution >= 4 is 38.3 Å². The number of fused-ring (bicyclic) bond motifs is 1. The van der Waals surface area contributed by atoms with Crippen molar-refractivity contribution in [3.8, 4) is 0 Å². The van der Waals surface area contributed by atoms with Crippen LogP contribution in [-0.2, 0) is 14.6 Å². The molecule has 9 heteroatoms. The van der Waals surface area contributed by atoms with E-state index >= 15 is 0 Å². The van der Waals surface area contributed by atoms with Gasteiger partial charge in [-0.1, -0.05) is 6.42 Å². The molecule has 8 nitrogen and oxygen atoms in total. The molecule has 1 atom stereocenters. The third-order valence-corrected chi connectivity index (χ3v) is 5.82. The van der Waals surface area contributed by atoms with Crippen molar-refractivity contribution in [2.24, 2.45) is 0 Å². The van der Waals surface area contributed by atoms with Crippen LogP contribution < -0.4 is 5.32 Å². The highest BCUT2D eigenvalue weighted by Gasteiger charge is 2.26. The zero-order valence-corrected chi connectivity index (χ0v) is 15.6. The molecule has 1 aliphatic rings. The van der Waals surface area contributed by atoms with Crippen LogP contribution in [0.25, 0.3) is 11.0 Å². The second-order valence-corrected chi connectivity index (χ2v) is 8.73. The van der Waals surface area contributed by atoms with Crippen LogP contribution in [0.1, 0.15) is 31.7 Å². The molecule has 27 heavy (non-hydrogen) atoms. The first-order valence-electron chi connectivity index (χ1n) is 8.72. The average Bonchev–Trinajstić information content (AvgIpc) is 3.05. The van der Waals surface area contributed by atoms with Gasteiger partial charge in [0.15, 0.2) is 21.3 Å². The molecule has 140 valence electrons. The molecule has 1 N–H and O–H groups in total. The second kappa shape index (κ2) is 6.73. The molecule has 1 aromatic carbocycles. The molecule has 1 fully saturated rings. The zero-order valence-electron chi connectivity index (χ0n) is 14.8. The van der Waals surface area contributed by atoms with Gasteiger partial charge in [-0.2, -0.15) is 10.1 Å². The molecule has 0 radical (unpaired) electrons. The molecule has 2 aromatic heterocycles. The first-order valence-corrected chi connectivity index (χ1v) is 10.6. The number of carbonyl (C=O) groups excluding carboxylic acids is 1. The fourth-order valence-electron chi connectivity index (χ4n) is 3.26. The van der Waals surface area contributed by atoms with Gasteiger partial charge < -0.3 is 5.32 Å². The summed E-state index contributed by atoms with van der Waals surface area (Å²) in [5, 5.41) is 8.19. The molecule has 0 amide bonds. The quantitative estimate of drug-likeness (QED) is 0.736. The Bertz CT molecular complexity index is 1110. The topological polar surface area (TPSA) is 107 Å². The van der Waals surface area contributed by atoms with Gasteiger partial charge in [-0.05, 0) is 37.1 Å². The minimum atomic E-state index is -3.24. The van der Waals surface area contributed by atoms with Crippen molar-refractivity contribution in [3.63, 3.8) is 0 Å². The maximum Gasteiger partial charge on any atom is 0.229 e. The minimum absolute atomic E-state index is 0.190. The molecular formula is C18H19N5O3S. The number of hydrogen-bond donors (Lipinski definition) is 1. The maximum absolute atomic E-state index is 12.3. The van der Waals surface area contributed by atoms with Crippen molar-refractivity contribution in [3.05, 3.63) is 36.7 Å². The summed E-state index contributed by atoms with van der Waals surface area (Å²) in [5.41, 5.74) is 1.28. The van der Waals surface area contributed by atoms with E-state index in [1.807, 2.05) is 0 Å². The highest BCUT2D eigenvalue weighted by Crippen LogP contribution is 2.28. The molecule has 1 unspecified atom stereocenters. The number of hydrogen-bond acceptors (Lipinski definition) is 7. The SMILES string of the molecule is CS(=O)(=O)c1ccc(Nc2ncc3cnn(C4CCCCC4=O)c3n2)cc1. The van der Waals surface area contributed by atoms with Crippen LogP contribution in [0.5, 0.6) is 0 Å². The molecule has 0 aliphatic heterocycles. The van der Waals surface area contributed by atoms with Crippen LogP contribution in [0.4, 0.5) is 11.6 Å². The summed E-state index contributed by atoms with van der Waals surface area (Å²) in [7, 11) is -3.24. The van der Waals surface area contributed by atoms with Gasteiger partial charge in [0.05, 0.1) is 16.5 Å². The number of sulfone groups is 1. The van der Waals surface area contributed by atoms with Crippen molar-refractivity contribution in [2.45, 2.75) is 36.6 Å². The molecule has 1 saturated carbocycles. The molecule has 0 saturated heterocycles. The highest BCUT2D eigenvalue weighted by atomic mass is 32.2. The zero-order chi connectivity index (χ0) is 19.0. The Morgan fingerprint density at radius 2 is 1.93 bits per heavy atom. The van der Waals surface area contributed by atoms with Crippen molar-refractivity contribution in [2.75, 3.05) is 11.6 Å². The second-order valence-electron chi connectivity index (χ2n) is 6.71. The van der Waals surface area contributed by atoms with Crippen LogP contribution in [0.2, 0.25) is 0 Å². The molecule has 0 spiro atoms. The van der Waals surface area contributed by atoms with E-state index in [4.69, 9.17) is 0 Å². The van der Waals surface area contributed by atoms with E-state index in [1.165, 1.54) is 18.4 Å². The van der Waals surface area contributed by atoms with E-state index in [0.717, 1.165) is 24.6 Å². The number of Topliss-reactive ketones (excluding diaryl/α,β-unsaturated/α-hetero) is 1. The monoisotopic (exact) mass is 385 g/mol. The Morgan fingerprint density at radius 1 is 1.15 bits per heavy atom. The summed E-state index contributed by atoms with van der Waals surface area (Å²) in [5.74, 6) is 0.551. The van der Waals surface area contributed by atoms with Crippen LogP contribution in [0.3, 0.4) is 0 Å². The Balaban J connectivity index is 1.63. The summed E-state index contributed by atoms with van der Waals surface area (Å²) in [4.78, 5) is 21.3. The number of benzene rings is 1. The first-order chi connectivity index (χ1) is 12.9. The number of rotatable bonds is 4. The largest absolute Gasteiger partial charge is 0.324 e. The maximum atomic E-state index is 12.3. The van der Waals surface area contributed by atoms with Crippen LogP contribution in [-0.4, -0.2) is 40.2 Å². The number of nitrogens with one attached hydrogen (secondary N) is 1. The van der Waals surface area contributed by atoms with E-state index in [1.54, 1.807) is 29.2 Å². The van der Waals surface area contributed by atoms with Crippen molar-refractivity contribution < 1.29 is 13.2 Å². The Morgan fingerprint density at radius 3 is 2.63 bits per heavy atom. The third kappa shape index (κ3) is 3.55. The molecular weight excluding hydrogens is 366 g/mol. The fraction of sp³-hybridized carbons (Fsp3) is 0.333. The summed E-state index contributed by atoms with van der Waals surface area (Å²) >= 11 is 0. The normalized spacial score (nSPS) is 18.0. The minimum Gasteiger partial charge on any atom is -0.324 e. The van der Waals surface area contributed by atoms with E-state index in [2.05, 4.69) is 20.4 Å². The number of ketones is 1. The number of aromatic nitrogens is 4. The van der Waals surface area contributed by atoms with Gasteiger partial charge in [0.25, 0.3) is 0 Å². The van der Waals surface area contributed by atoms with Gasteiger partial charge in [-0.25, -0.2) is 18.1 Å². The molecule has 1 aliphatic carbocycles. The first kappa shape index (κ1) is 17.6. The van der Waals surface area contributed by atoms with E-state index in [-0.39, 0.29) is 16.7 Å². The molecule has 0 bridgehead atoms. The summed E-state index contributed by atoms with van der Waals surface area (Å²) in [6.45, 7) is 0. The Labute approximate surface area is 156 Å². The van der Waals surface area contributed by atoms with Crippen LogP contribution >= 0.6 is 0 Å². The standard InChI is InChI=1S/C18H19N5O3S/c1-27(25,26)14-8-6-13(7-9-14)21-18-19-10-12-11-20-23(17(12)22-18)15-4-2-3-5-16(15)24/h6-11,15H,2-5H2,1H3,(H,19,21,22). The Kier molecular flexibility index (Phi) is 4.39. The smallest absolute Gasteiger partial charge is 0.229 e. The number of carbonyl (C=O) groups is 1. The van der Waals surface area contributed by atoms with Gasteiger partial charge in [0.2, 0.25) is 5.95 Å². The highest BCUT2D eigenvalue weighted by molar-refractivity contribution is 7.90. The summed E-state index contributed by atoms with van der Waals surface area (Å²) in [6, 6.07) is 6.10. The van der Waals surface area contributed by atoms with Gasteiger partial charge in [-0.15, -0.1) is 0 Å². The number of nitrogens with zero attached hydrogens (tertiary/aromatic N) is 4. The lowest BCUT2D eigenvalue weighted by molar-refractivity contribution is -0.124. The van der Waals surface area contributed by atoms with Crippen molar-refractivity contribution in [1.82, 2.24) is 19.7 Å². The summed E-state index contributed by atoms with van der Waals surface area (Å²) < 4.78 is 24.8. The van der Waals surface area contributed by atoms with Gasteiger partial charge in [0, 0.05) is 24.6 Å². The lowest BCUT2D eigenvalue weighted by atomic mass is 9.94. The van der Waals surface area contributed by atoms with Gasteiger partial charge >= 0.3 is 0 Å². The van der Waals surface area contributed by atoms with Crippen LogP contribution in [0.15, 0.2) is 41.6 Å². The molecule has 2 heterocycles. The Hall–Kier alpha value is -2.81. The average molecular weight is 385 g/mol. The van der Waals surface area contributed by atoms with Gasteiger partial charge in [0.1, 0.15) is 6.04 Å². The molecule has 3 aromatic rings. The summed E-state index contributed by atoms with van der Waals surface area (Å²) in [6.07, 6.45) is 7.78. The predicted molar refractivity (Wildman–Crippen MR) is 101 cm³/mol. The van der Waals surface area contributed by atoms with Gasteiger partial charge in [-0.3, -0.25) is 4.79 Å². The lowest BCUT2D eigenvalue weighted by Gasteiger charge is -2.21. The lowest BCUT2D eigenvalue weighted by Crippen LogP contribution is -2.24. The van der Waals surface area contributed by atoms with Crippen molar-refractivity contribution in [1.29, 1.82) is 0 Å². The fourth-order valence-corrected chi connectivity index (χ4v) is 3.89. The van der Waals surface area contributed by atoms with E-state index < -0.39 is 9.84 Å². The predicted octanol–water partition coefficient (Wildman–Crippen LogP) is 2.66.